The van der Waals surface area contributed by atoms with Crippen molar-refractivity contribution in [3.63, 3.8) is 0 Å². The van der Waals surface area contributed by atoms with Gasteiger partial charge in [-0.1, -0.05) is 60.7 Å². The number of benzene rings is 2. The van der Waals surface area contributed by atoms with Gasteiger partial charge in [-0.05, 0) is 30.2 Å². The van der Waals surface area contributed by atoms with Crippen LogP contribution in [0.4, 0.5) is 0 Å². The van der Waals surface area contributed by atoms with Crippen molar-refractivity contribution in [1.82, 2.24) is 0 Å². The molecule has 0 spiro atoms. The Morgan fingerprint density at radius 3 is 1.81 bits per heavy atom. The van der Waals surface area contributed by atoms with E-state index in [-0.39, 0.29) is 11.1 Å². The molecule has 6 nitrogen and oxygen atoms in total. The minimum absolute atomic E-state index is 0.257. The molecule has 0 aliphatic heterocycles. The maximum absolute atomic E-state index is 10.5. The summed E-state index contributed by atoms with van der Waals surface area (Å²) in [7, 11) is 0. The van der Waals surface area contributed by atoms with Crippen molar-refractivity contribution in [3.8, 4) is 0 Å². The summed E-state index contributed by atoms with van der Waals surface area (Å²) in [6.45, 7) is 0.958. The lowest BCUT2D eigenvalue weighted by atomic mass is 9.88. The molecular weight excluding hydrogens is 348 g/mol. The van der Waals surface area contributed by atoms with E-state index >= 15 is 0 Å². The second-order valence-corrected chi connectivity index (χ2v) is 6.24. The van der Waals surface area contributed by atoms with Crippen LogP contribution in [0.15, 0.2) is 72.2 Å². The van der Waals surface area contributed by atoms with Crippen LogP contribution in [0, 0.1) is 0 Å². The van der Waals surface area contributed by atoms with Gasteiger partial charge in [-0.2, -0.15) is 0 Å². The van der Waals surface area contributed by atoms with Gasteiger partial charge in [0.1, 0.15) is 35.4 Å². The minimum atomic E-state index is -2.53. The Hall–Kier alpha value is -2.64. The van der Waals surface area contributed by atoms with Gasteiger partial charge in [0.2, 0.25) is 0 Å². The van der Waals surface area contributed by atoms with Crippen LogP contribution < -0.4 is 0 Å². The third-order valence-electron chi connectivity index (χ3n) is 4.07. The SMILES string of the molecule is [2H]C(=C(O)[C@@H](O)[C@@H](O)[C@H](O)[C@@](C)(O)C(O)=C([2H])c1ccccc1)c1ccccc1. The van der Waals surface area contributed by atoms with Crippen molar-refractivity contribution < 1.29 is 33.4 Å². The van der Waals surface area contributed by atoms with Gasteiger partial charge in [-0.3, -0.25) is 0 Å². The fourth-order valence-electron chi connectivity index (χ4n) is 2.34. The molecule has 0 bridgehead atoms. The Morgan fingerprint density at radius 1 is 0.889 bits per heavy atom. The summed E-state index contributed by atoms with van der Waals surface area (Å²) in [5, 5.41) is 61.8. The van der Waals surface area contributed by atoms with Crippen LogP contribution in [-0.4, -0.2) is 54.6 Å². The first-order chi connectivity index (χ1) is 13.6. The largest absolute Gasteiger partial charge is 0.509 e. The molecule has 2 aromatic carbocycles. The van der Waals surface area contributed by atoms with Crippen molar-refractivity contribution in [2.75, 3.05) is 0 Å². The van der Waals surface area contributed by atoms with E-state index in [1.807, 2.05) is 0 Å². The molecule has 6 N–H and O–H groups in total. The third kappa shape index (κ3) is 5.18. The Bertz CT molecular complexity index is 881. The van der Waals surface area contributed by atoms with Crippen LogP contribution in [0.5, 0.6) is 0 Å². The van der Waals surface area contributed by atoms with Gasteiger partial charge in [-0.25, -0.2) is 0 Å². The first-order valence-electron chi connectivity index (χ1n) is 9.26. The summed E-state index contributed by atoms with van der Waals surface area (Å²) in [4.78, 5) is 0. The second kappa shape index (κ2) is 8.83. The number of hydrogen-bond donors (Lipinski definition) is 6. The maximum Gasteiger partial charge on any atom is 0.147 e. The predicted molar refractivity (Wildman–Crippen MR) is 103 cm³/mol. The van der Waals surface area contributed by atoms with Crippen LogP contribution in [0.1, 0.15) is 20.8 Å². The Morgan fingerprint density at radius 2 is 1.33 bits per heavy atom. The average molecular weight is 374 g/mol. The average Bonchev–Trinajstić information content (AvgIpc) is 2.76. The maximum atomic E-state index is 10.5. The number of hydrogen-bond acceptors (Lipinski definition) is 6. The van der Waals surface area contributed by atoms with Gasteiger partial charge in [-0.15, -0.1) is 0 Å². The highest BCUT2D eigenvalue weighted by Crippen LogP contribution is 2.26. The molecule has 144 valence electrons. The molecule has 4 atom stereocenters. The monoisotopic (exact) mass is 374 g/mol. The zero-order chi connectivity index (χ0) is 21.8. The van der Waals surface area contributed by atoms with E-state index in [0.717, 1.165) is 6.92 Å². The molecule has 27 heavy (non-hydrogen) atoms. The lowest BCUT2D eigenvalue weighted by molar-refractivity contribution is -0.138. The highest BCUT2D eigenvalue weighted by molar-refractivity contribution is 5.53. The molecule has 0 aliphatic carbocycles. The summed E-state index contributed by atoms with van der Waals surface area (Å²) < 4.78 is 15.9. The predicted octanol–water partition coefficient (Wildman–Crippen LogP) is 2.02. The number of aliphatic hydroxyl groups is 6. The fraction of sp³-hybridized carbons (Fsp3) is 0.238. The van der Waals surface area contributed by atoms with Crippen LogP contribution in [0.3, 0.4) is 0 Å². The van der Waals surface area contributed by atoms with E-state index in [9.17, 15) is 30.6 Å². The lowest BCUT2D eigenvalue weighted by Crippen LogP contribution is -2.52. The van der Waals surface area contributed by atoms with Crippen LogP contribution in [0.2, 0.25) is 0 Å². The molecule has 0 aromatic heterocycles. The molecule has 0 saturated heterocycles. The molecule has 0 saturated carbocycles. The molecule has 6 heteroatoms. The number of aliphatic hydroxyl groups excluding tert-OH is 5. The summed E-state index contributed by atoms with van der Waals surface area (Å²) in [6, 6.07) is 14.9. The molecule has 0 unspecified atom stereocenters. The highest BCUT2D eigenvalue weighted by Gasteiger charge is 2.43. The van der Waals surface area contributed by atoms with Gasteiger partial charge < -0.3 is 30.6 Å². The van der Waals surface area contributed by atoms with Crippen LogP contribution >= 0.6 is 0 Å². The van der Waals surface area contributed by atoms with Crippen molar-refractivity contribution in [1.29, 1.82) is 0 Å². The molecule has 0 heterocycles. The van der Waals surface area contributed by atoms with Crippen molar-refractivity contribution in [2.45, 2.75) is 30.8 Å². The van der Waals surface area contributed by atoms with E-state index in [1.165, 1.54) is 24.3 Å². The molecular formula is C21H24O6. The van der Waals surface area contributed by atoms with Gasteiger partial charge in [0.15, 0.2) is 0 Å². The second-order valence-electron chi connectivity index (χ2n) is 6.24. The van der Waals surface area contributed by atoms with E-state index in [1.54, 1.807) is 36.4 Å². The standard InChI is InChI=1S/C21H24O6/c1-21(27,17(23)13-15-10-6-3-7-11-15)20(26)19(25)18(24)16(22)12-14-8-4-2-5-9-14/h2-13,18-20,22-27H,1H3/t18-,19-,20+,21+/m1/s1/i12D,13D. The number of rotatable bonds is 7. The zero-order valence-electron chi connectivity index (χ0n) is 16.7. The molecule has 0 amide bonds. The first kappa shape index (κ1) is 17.8. The molecule has 2 rings (SSSR count). The molecule has 0 radical (unpaired) electrons. The molecule has 2 aromatic rings. The summed E-state index contributed by atoms with van der Waals surface area (Å²) in [6.07, 6.45) is -6.48. The van der Waals surface area contributed by atoms with E-state index < -0.39 is 47.5 Å². The summed E-state index contributed by atoms with van der Waals surface area (Å²) >= 11 is 0. The third-order valence-corrected chi connectivity index (χ3v) is 4.07. The normalized spacial score (nSPS) is 20.2. The van der Waals surface area contributed by atoms with Crippen LogP contribution in [-0.2, 0) is 0 Å². The highest BCUT2D eigenvalue weighted by atomic mass is 16.4. The fourth-order valence-corrected chi connectivity index (χ4v) is 2.34. The van der Waals surface area contributed by atoms with Gasteiger partial charge in [0, 0.05) is 0 Å². The van der Waals surface area contributed by atoms with Gasteiger partial charge in [0.25, 0.3) is 0 Å². The summed E-state index contributed by atoms with van der Waals surface area (Å²) in [5.41, 5.74) is -2.01. The molecule has 0 fully saturated rings. The van der Waals surface area contributed by atoms with E-state index in [4.69, 9.17) is 2.74 Å². The summed E-state index contributed by atoms with van der Waals surface area (Å²) in [5.74, 6) is -1.85. The van der Waals surface area contributed by atoms with Gasteiger partial charge >= 0.3 is 0 Å². The Labute approximate surface area is 160 Å². The minimum Gasteiger partial charge on any atom is -0.509 e. The van der Waals surface area contributed by atoms with Crippen molar-refractivity contribution in [3.05, 3.63) is 83.3 Å². The smallest absolute Gasteiger partial charge is 0.147 e. The topological polar surface area (TPSA) is 121 Å². The molecule has 0 aliphatic rings. The van der Waals surface area contributed by atoms with E-state index in [2.05, 4.69) is 0 Å². The van der Waals surface area contributed by atoms with E-state index in [0.29, 0.717) is 0 Å². The van der Waals surface area contributed by atoms with Crippen LogP contribution in [0.25, 0.3) is 12.1 Å². The van der Waals surface area contributed by atoms with Crippen molar-refractivity contribution >= 4 is 12.1 Å². The van der Waals surface area contributed by atoms with Gasteiger partial charge in [0.05, 0.1) is 2.74 Å². The Balaban J connectivity index is 2.30. The zero-order valence-corrected chi connectivity index (χ0v) is 14.7. The Kier molecular flexibility index (Phi) is 5.81. The quantitative estimate of drug-likeness (QED) is 0.413. The van der Waals surface area contributed by atoms with Crippen molar-refractivity contribution in [2.24, 2.45) is 0 Å². The lowest BCUT2D eigenvalue weighted by Gasteiger charge is -2.33. The first-order valence-corrected chi connectivity index (χ1v) is 8.26.